The average molecular weight is 444 g/mol. The summed E-state index contributed by atoms with van der Waals surface area (Å²) in [6, 6.07) is 12.5. The van der Waals surface area contributed by atoms with Gasteiger partial charge in [0.05, 0.1) is 5.52 Å². The number of aromatic amines is 1. The molecule has 3 aromatic heterocycles. The summed E-state index contributed by atoms with van der Waals surface area (Å²) in [5, 5.41) is 5.25. The normalized spacial score (nSPS) is 16.8. The molecule has 1 aliphatic heterocycles. The molecule has 2 N–H and O–H groups in total. The molecule has 1 aromatic carbocycles. The van der Waals surface area contributed by atoms with Crippen molar-refractivity contribution >= 4 is 33.7 Å². The zero-order valence-corrected chi connectivity index (χ0v) is 19.3. The standard InChI is InChI=1S/C26H29N5O2/c1-26(2,3)33-25(32)30-18-6-5-13-31(16-18)23-10-12-27-22-9-8-17(14-20(22)23)21-15-29-24-19(21)7-4-11-28-24/h4,7-12,14-15,18H,5-6,13,16H2,1-3H3,(H,28,29)(H,30,32)/t18-/m0/s1. The summed E-state index contributed by atoms with van der Waals surface area (Å²) in [5.41, 5.74) is 4.71. The first-order valence-electron chi connectivity index (χ1n) is 11.4. The summed E-state index contributed by atoms with van der Waals surface area (Å²) in [7, 11) is 0. The molecule has 0 radical (unpaired) electrons. The number of hydrogen-bond donors (Lipinski definition) is 2. The summed E-state index contributed by atoms with van der Waals surface area (Å²) in [5.74, 6) is 0. The number of nitrogens with zero attached hydrogens (tertiary/aromatic N) is 3. The molecule has 1 aliphatic rings. The molecule has 4 aromatic rings. The van der Waals surface area contributed by atoms with Crippen LogP contribution in [0.3, 0.4) is 0 Å². The Hall–Kier alpha value is -3.61. The van der Waals surface area contributed by atoms with Gasteiger partial charge in [-0.15, -0.1) is 0 Å². The van der Waals surface area contributed by atoms with Gasteiger partial charge in [-0.2, -0.15) is 0 Å². The second-order valence-corrected chi connectivity index (χ2v) is 9.60. The molecule has 1 fully saturated rings. The summed E-state index contributed by atoms with van der Waals surface area (Å²) in [6.45, 7) is 7.31. The second kappa shape index (κ2) is 8.39. The second-order valence-electron chi connectivity index (χ2n) is 9.60. The number of pyridine rings is 2. The van der Waals surface area contributed by atoms with Crippen molar-refractivity contribution in [3.63, 3.8) is 0 Å². The quantitative estimate of drug-likeness (QED) is 0.451. The lowest BCUT2D eigenvalue weighted by atomic mass is 10.0. The molecule has 0 aliphatic carbocycles. The van der Waals surface area contributed by atoms with Crippen molar-refractivity contribution in [1.29, 1.82) is 0 Å². The van der Waals surface area contributed by atoms with Gasteiger partial charge in [0, 0.05) is 59.7 Å². The molecule has 5 rings (SSSR count). The van der Waals surface area contributed by atoms with Crippen molar-refractivity contribution in [1.82, 2.24) is 20.3 Å². The molecule has 170 valence electrons. The van der Waals surface area contributed by atoms with Gasteiger partial charge in [-0.25, -0.2) is 9.78 Å². The first-order valence-corrected chi connectivity index (χ1v) is 11.4. The third-order valence-corrected chi connectivity index (χ3v) is 5.96. The third kappa shape index (κ3) is 4.49. The zero-order valence-electron chi connectivity index (χ0n) is 19.3. The summed E-state index contributed by atoms with van der Waals surface area (Å²) >= 11 is 0. The maximum Gasteiger partial charge on any atom is 0.407 e. The van der Waals surface area contributed by atoms with E-state index in [4.69, 9.17) is 4.74 Å². The number of anilines is 1. The van der Waals surface area contributed by atoms with Crippen molar-refractivity contribution in [2.24, 2.45) is 0 Å². The molecule has 0 unspecified atom stereocenters. The van der Waals surface area contributed by atoms with E-state index in [2.05, 4.69) is 55.5 Å². The number of amides is 1. The number of hydrogen-bond acceptors (Lipinski definition) is 5. The number of ether oxygens (including phenoxy) is 1. The predicted molar refractivity (Wildman–Crippen MR) is 131 cm³/mol. The van der Waals surface area contributed by atoms with Crippen molar-refractivity contribution in [3.8, 4) is 11.1 Å². The van der Waals surface area contributed by atoms with Crippen LogP contribution in [0.1, 0.15) is 33.6 Å². The van der Waals surface area contributed by atoms with Crippen LogP contribution >= 0.6 is 0 Å². The SMILES string of the molecule is CC(C)(C)OC(=O)N[C@H]1CCCN(c2ccnc3ccc(-c4c[nH]c5ncccc45)cc23)C1. The van der Waals surface area contributed by atoms with Crippen LogP contribution in [0.25, 0.3) is 33.1 Å². The van der Waals surface area contributed by atoms with Crippen LogP contribution in [0.15, 0.2) is 55.0 Å². The molecule has 1 atom stereocenters. The molecule has 1 saturated heterocycles. The Balaban J connectivity index is 1.44. The van der Waals surface area contributed by atoms with E-state index in [1.807, 2.05) is 39.2 Å². The summed E-state index contributed by atoms with van der Waals surface area (Å²) < 4.78 is 5.46. The third-order valence-electron chi connectivity index (χ3n) is 5.96. The van der Waals surface area contributed by atoms with Crippen LogP contribution in [-0.2, 0) is 4.74 Å². The first-order chi connectivity index (χ1) is 15.9. The predicted octanol–water partition coefficient (Wildman–Crippen LogP) is 5.27. The molecule has 33 heavy (non-hydrogen) atoms. The lowest BCUT2D eigenvalue weighted by Crippen LogP contribution is -2.49. The van der Waals surface area contributed by atoms with E-state index >= 15 is 0 Å². The minimum absolute atomic E-state index is 0.0414. The van der Waals surface area contributed by atoms with Gasteiger partial charge in [-0.3, -0.25) is 4.98 Å². The number of carbonyl (C=O) groups excluding carboxylic acids is 1. The summed E-state index contributed by atoms with van der Waals surface area (Å²) in [6.07, 6.45) is 7.24. The number of aromatic nitrogens is 3. The van der Waals surface area contributed by atoms with Crippen LogP contribution in [0, 0.1) is 0 Å². The lowest BCUT2D eigenvalue weighted by Gasteiger charge is -2.35. The van der Waals surface area contributed by atoms with Crippen molar-refractivity contribution in [2.45, 2.75) is 45.3 Å². The van der Waals surface area contributed by atoms with E-state index in [1.54, 1.807) is 6.20 Å². The molecule has 7 nitrogen and oxygen atoms in total. The van der Waals surface area contributed by atoms with Gasteiger partial charge in [0.2, 0.25) is 0 Å². The fraction of sp³-hybridized carbons (Fsp3) is 0.346. The Morgan fingerprint density at radius 1 is 1.15 bits per heavy atom. The van der Waals surface area contributed by atoms with E-state index < -0.39 is 5.60 Å². The molecule has 7 heteroatoms. The number of H-pyrrole nitrogens is 1. The van der Waals surface area contributed by atoms with Gasteiger partial charge < -0.3 is 19.9 Å². The van der Waals surface area contributed by atoms with Crippen LogP contribution in [0.2, 0.25) is 0 Å². The van der Waals surface area contributed by atoms with Gasteiger partial charge in [0.25, 0.3) is 0 Å². The highest BCUT2D eigenvalue weighted by atomic mass is 16.6. The number of rotatable bonds is 3. The Kier molecular flexibility index (Phi) is 5.40. The minimum atomic E-state index is -0.506. The van der Waals surface area contributed by atoms with Crippen molar-refractivity contribution < 1.29 is 9.53 Å². The maximum absolute atomic E-state index is 12.3. The van der Waals surface area contributed by atoms with E-state index in [0.717, 1.165) is 64.7 Å². The van der Waals surface area contributed by atoms with Gasteiger partial charge >= 0.3 is 6.09 Å². The maximum atomic E-state index is 12.3. The highest BCUT2D eigenvalue weighted by Crippen LogP contribution is 2.34. The fourth-order valence-electron chi connectivity index (χ4n) is 4.56. The van der Waals surface area contributed by atoms with Crippen molar-refractivity contribution in [3.05, 3.63) is 55.0 Å². The highest BCUT2D eigenvalue weighted by molar-refractivity contribution is 5.99. The number of fused-ring (bicyclic) bond motifs is 2. The number of nitrogens with one attached hydrogen (secondary N) is 2. The average Bonchev–Trinajstić information content (AvgIpc) is 3.21. The summed E-state index contributed by atoms with van der Waals surface area (Å²) in [4.78, 5) is 26.9. The van der Waals surface area contributed by atoms with Crippen LogP contribution in [-0.4, -0.2) is 45.8 Å². The van der Waals surface area contributed by atoms with Crippen molar-refractivity contribution in [2.75, 3.05) is 18.0 Å². The number of alkyl carbamates (subject to hydrolysis) is 1. The van der Waals surface area contributed by atoms with E-state index in [1.165, 1.54) is 0 Å². The number of benzene rings is 1. The zero-order chi connectivity index (χ0) is 23.0. The molecular formula is C26H29N5O2. The number of piperidine rings is 1. The Morgan fingerprint density at radius 2 is 2.03 bits per heavy atom. The molecule has 0 saturated carbocycles. The largest absolute Gasteiger partial charge is 0.444 e. The Bertz CT molecular complexity index is 1310. The molecular weight excluding hydrogens is 414 g/mol. The molecule has 1 amide bonds. The highest BCUT2D eigenvalue weighted by Gasteiger charge is 2.25. The van der Waals surface area contributed by atoms with Gasteiger partial charge in [0.1, 0.15) is 11.2 Å². The molecule has 0 bridgehead atoms. The van der Waals surface area contributed by atoms with Crippen LogP contribution in [0.4, 0.5) is 10.5 Å². The van der Waals surface area contributed by atoms with Crippen LogP contribution in [0.5, 0.6) is 0 Å². The monoisotopic (exact) mass is 443 g/mol. The fourth-order valence-corrected chi connectivity index (χ4v) is 4.56. The van der Waals surface area contributed by atoms with Gasteiger partial charge in [-0.05, 0) is 69.5 Å². The topological polar surface area (TPSA) is 83.1 Å². The van der Waals surface area contributed by atoms with Crippen LogP contribution < -0.4 is 10.2 Å². The smallest absolute Gasteiger partial charge is 0.407 e. The van der Waals surface area contributed by atoms with Gasteiger partial charge in [0.15, 0.2) is 0 Å². The first kappa shape index (κ1) is 21.2. The Morgan fingerprint density at radius 3 is 2.88 bits per heavy atom. The van der Waals surface area contributed by atoms with Gasteiger partial charge in [-0.1, -0.05) is 6.07 Å². The Labute approximate surface area is 193 Å². The molecule has 4 heterocycles. The lowest BCUT2D eigenvalue weighted by molar-refractivity contribution is 0.0500. The minimum Gasteiger partial charge on any atom is -0.444 e. The number of carbonyl (C=O) groups is 1. The van der Waals surface area contributed by atoms with E-state index in [9.17, 15) is 4.79 Å². The molecule has 0 spiro atoms. The van der Waals surface area contributed by atoms with E-state index in [0.29, 0.717) is 0 Å². The van der Waals surface area contributed by atoms with E-state index in [-0.39, 0.29) is 12.1 Å².